The number of hydrogen-bond acceptors (Lipinski definition) is 3. The Hall–Kier alpha value is -1.91. The van der Waals surface area contributed by atoms with Gasteiger partial charge in [-0.25, -0.2) is 0 Å². The molecule has 0 fully saturated rings. The summed E-state index contributed by atoms with van der Waals surface area (Å²) in [5, 5.41) is 14.2. The number of carbonyl (C=O) groups is 1. The molecule has 0 bridgehead atoms. The standard InChI is InChI=1S/C24H40N2O3/c1-3-5-7-9-11-13-15-17-24(27)25-22-19-18-21(20-23(22)26(28)29)16-14-12-10-8-6-4-2/h18-20H,3-17H2,1-2H3,(H,25,27). The lowest BCUT2D eigenvalue weighted by molar-refractivity contribution is -0.384. The molecule has 0 aromatic heterocycles. The minimum absolute atomic E-state index is 0.00130. The number of carbonyl (C=O) groups excluding carboxylic acids is 1. The molecule has 0 saturated heterocycles. The molecule has 5 heteroatoms. The number of nitro benzene ring substituents is 1. The molecular weight excluding hydrogens is 364 g/mol. The van der Waals surface area contributed by atoms with Crippen molar-refractivity contribution in [2.24, 2.45) is 0 Å². The Morgan fingerprint density at radius 3 is 2.00 bits per heavy atom. The zero-order chi connectivity index (χ0) is 21.3. The minimum atomic E-state index is -0.395. The summed E-state index contributed by atoms with van der Waals surface area (Å²) in [6, 6.07) is 5.21. The molecule has 0 spiro atoms. The molecule has 0 radical (unpaired) electrons. The number of unbranched alkanes of at least 4 members (excludes halogenated alkanes) is 11. The highest BCUT2D eigenvalue weighted by atomic mass is 16.6. The third-order valence-electron chi connectivity index (χ3n) is 5.36. The average Bonchev–Trinajstić information content (AvgIpc) is 2.70. The van der Waals surface area contributed by atoms with Gasteiger partial charge >= 0.3 is 0 Å². The quantitative estimate of drug-likeness (QED) is 0.165. The van der Waals surface area contributed by atoms with E-state index in [1.54, 1.807) is 12.1 Å². The molecule has 1 rings (SSSR count). The first kappa shape index (κ1) is 25.1. The SMILES string of the molecule is CCCCCCCCCC(=O)Nc1ccc(CCCCCCCC)cc1[N+](=O)[O-]. The van der Waals surface area contributed by atoms with Crippen molar-refractivity contribution in [1.82, 2.24) is 0 Å². The molecule has 29 heavy (non-hydrogen) atoms. The highest BCUT2D eigenvalue weighted by Gasteiger charge is 2.16. The molecule has 0 atom stereocenters. The van der Waals surface area contributed by atoms with Crippen molar-refractivity contribution >= 4 is 17.3 Å². The first-order valence-corrected chi connectivity index (χ1v) is 11.7. The van der Waals surface area contributed by atoms with E-state index in [-0.39, 0.29) is 11.6 Å². The summed E-state index contributed by atoms with van der Waals surface area (Å²) in [4.78, 5) is 23.2. The van der Waals surface area contributed by atoms with Crippen LogP contribution in [0, 0.1) is 10.1 Å². The largest absolute Gasteiger partial charge is 0.320 e. The number of hydrogen-bond donors (Lipinski definition) is 1. The van der Waals surface area contributed by atoms with Gasteiger partial charge in [0.1, 0.15) is 5.69 Å². The Bertz CT molecular complexity index is 602. The summed E-state index contributed by atoms with van der Waals surface area (Å²) in [5.41, 5.74) is 1.29. The molecule has 0 aliphatic rings. The number of amides is 1. The Labute approximate surface area is 176 Å². The fourth-order valence-corrected chi connectivity index (χ4v) is 3.55. The van der Waals surface area contributed by atoms with Crippen LogP contribution in [0.2, 0.25) is 0 Å². The maximum absolute atomic E-state index is 12.2. The van der Waals surface area contributed by atoms with E-state index < -0.39 is 4.92 Å². The molecule has 1 aromatic rings. The smallest absolute Gasteiger partial charge is 0.293 e. The molecule has 0 unspecified atom stereocenters. The topological polar surface area (TPSA) is 72.2 Å². The highest BCUT2D eigenvalue weighted by Crippen LogP contribution is 2.27. The zero-order valence-corrected chi connectivity index (χ0v) is 18.5. The lowest BCUT2D eigenvalue weighted by Gasteiger charge is -2.08. The van der Waals surface area contributed by atoms with Crippen LogP contribution < -0.4 is 5.32 Å². The van der Waals surface area contributed by atoms with Crippen LogP contribution in [0.25, 0.3) is 0 Å². The number of benzene rings is 1. The Morgan fingerprint density at radius 1 is 0.862 bits per heavy atom. The maximum atomic E-state index is 12.2. The maximum Gasteiger partial charge on any atom is 0.293 e. The van der Waals surface area contributed by atoms with Crippen LogP contribution >= 0.6 is 0 Å². The molecular formula is C24H40N2O3. The Balaban J connectivity index is 2.42. The second-order valence-corrected chi connectivity index (χ2v) is 8.05. The Morgan fingerprint density at radius 2 is 1.41 bits per heavy atom. The molecule has 5 nitrogen and oxygen atoms in total. The van der Waals surface area contributed by atoms with Crippen LogP contribution in [0.5, 0.6) is 0 Å². The Kier molecular flexibility index (Phi) is 13.8. The zero-order valence-electron chi connectivity index (χ0n) is 18.5. The second-order valence-electron chi connectivity index (χ2n) is 8.05. The van der Waals surface area contributed by atoms with E-state index >= 15 is 0 Å². The fraction of sp³-hybridized carbons (Fsp3) is 0.708. The van der Waals surface area contributed by atoms with Gasteiger partial charge in [0.25, 0.3) is 5.69 Å². The van der Waals surface area contributed by atoms with E-state index in [9.17, 15) is 14.9 Å². The predicted octanol–water partition coefficient (Wildman–Crippen LogP) is 7.58. The first-order chi connectivity index (χ1) is 14.1. The third-order valence-corrected chi connectivity index (χ3v) is 5.36. The van der Waals surface area contributed by atoms with E-state index in [1.165, 1.54) is 51.4 Å². The summed E-state index contributed by atoms with van der Waals surface area (Å²) in [5.74, 6) is -0.134. The van der Waals surface area contributed by atoms with Gasteiger partial charge in [-0.15, -0.1) is 0 Å². The van der Waals surface area contributed by atoms with Crippen LogP contribution in [-0.2, 0) is 11.2 Å². The van der Waals surface area contributed by atoms with Crippen molar-refractivity contribution in [2.45, 2.75) is 110 Å². The van der Waals surface area contributed by atoms with Gasteiger partial charge in [-0.3, -0.25) is 14.9 Å². The van der Waals surface area contributed by atoms with Crippen molar-refractivity contribution in [3.63, 3.8) is 0 Å². The normalized spacial score (nSPS) is 10.8. The van der Waals surface area contributed by atoms with Crippen molar-refractivity contribution in [2.75, 3.05) is 5.32 Å². The van der Waals surface area contributed by atoms with Crippen LogP contribution in [0.1, 0.15) is 109 Å². The van der Waals surface area contributed by atoms with Gasteiger partial charge in [0, 0.05) is 12.5 Å². The number of nitrogens with one attached hydrogen (secondary N) is 1. The number of anilines is 1. The minimum Gasteiger partial charge on any atom is -0.320 e. The monoisotopic (exact) mass is 404 g/mol. The average molecular weight is 405 g/mol. The molecule has 0 saturated carbocycles. The molecule has 0 heterocycles. The highest BCUT2D eigenvalue weighted by molar-refractivity contribution is 5.93. The van der Waals surface area contributed by atoms with Gasteiger partial charge < -0.3 is 5.32 Å². The number of nitrogens with zero attached hydrogens (tertiary/aromatic N) is 1. The van der Waals surface area contributed by atoms with Crippen molar-refractivity contribution in [1.29, 1.82) is 0 Å². The van der Waals surface area contributed by atoms with Crippen molar-refractivity contribution in [3.8, 4) is 0 Å². The van der Waals surface area contributed by atoms with E-state index in [0.717, 1.165) is 44.1 Å². The third kappa shape index (κ3) is 11.6. The van der Waals surface area contributed by atoms with Gasteiger partial charge in [-0.1, -0.05) is 90.5 Å². The number of rotatable bonds is 17. The van der Waals surface area contributed by atoms with Gasteiger partial charge in [0.05, 0.1) is 4.92 Å². The molecule has 164 valence electrons. The van der Waals surface area contributed by atoms with Crippen molar-refractivity contribution < 1.29 is 9.72 Å². The molecule has 1 aromatic carbocycles. The van der Waals surface area contributed by atoms with E-state index in [1.807, 2.05) is 6.07 Å². The summed E-state index contributed by atoms with van der Waals surface area (Å²) >= 11 is 0. The molecule has 1 amide bonds. The molecule has 0 aliphatic carbocycles. The van der Waals surface area contributed by atoms with Gasteiger partial charge in [-0.05, 0) is 30.9 Å². The van der Waals surface area contributed by atoms with Crippen LogP contribution in [-0.4, -0.2) is 10.8 Å². The van der Waals surface area contributed by atoms with E-state index in [4.69, 9.17) is 0 Å². The van der Waals surface area contributed by atoms with E-state index in [2.05, 4.69) is 19.2 Å². The predicted molar refractivity (Wildman–Crippen MR) is 121 cm³/mol. The first-order valence-electron chi connectivity index (χ1n) is 11.7. The van der Waals surface area contributed by atoms with E-state index in [0.29, 0.717) is 12.1 Å². The second kappa shape index (κ2) is 15.9. The lowest BCUT2D eigenvalue weighted by atomic mass is 10.0. The summed E-state index contributed by atoms with van der Waals surface area (Å²) in [6.07, 6.45) is 16.5. The number of aryl methyl sites for hydroxylation is 1. The summed E-state index contributed by atoms with van der Waals surface area (Å²) in [7, 11) is 0. The van der Waals surface area contributed by atoms with Gasteiger partial charge in [0.2, 0.25) is 5.91 Å². The molecule has 1 N–H and O–H groups in total. The van der Waals surface area contributed by atoms with Crippen LogP contribution in [0.4, 0.5) is 11.4 Å². The summed E-state index contributed by atoms with van der Waals surface area (Å²) in [6.45, 7) is 4.40. The van der Waals surface area contributed by atoms with Gasteiger partial charge in [-0.2, -0.15) is 0 Å². The molecule has 0 aliphatic heterocycles. The van der Waals surface area contributed by atoms with Crippen LogP contribution in [0.15, 0.2) is 18.2 Å². The lowest BCUT2D eigenvalue weighted by Crippen LogP contribution is -2.12. The number of nitro groups is 1. The van der Waals surface area contributed by atoms with Crippen LogP contribution in [0.3, 0.4) is 0 Å². The van der Waals surface area contributed by atoms with Gasteiger partial charge in [0.15, 0.2) is 0 Å². The van der Waals surface area contributed by atoms with Crippen molar-refractivity contribution in [3.05, 3.63) is 33.9 Å². The fourth-order valence-electron chi connectivity index (χ4n) is 3.55. The summed E-state index contributed by atoms with van der Waals surface area (Å²) < 4.78 is 0.